The molecule has 4 heterocycles. The van der Waals surface area contributed by atoms with Gasteiger partial charge in [-0.05, 0) is 49.6 Å². The summed E-state index contributed by atoms with van der Waals surface area (Å²) in [6.07, 6.45) is 3.38. The van der Waals surface area contributed by atoms with Crippen LogP contribution in [0.5, 0.6) is 0 Å². The van der Waals surface area contributed by atoms with Crippen LogP contribution in [0.15, 0.2) is 30.6 Å². The van der Waals surface area contributed by atoms with Crippen LogP contribution in [0.3, 0.4) is 0 Å². The molecule has 0 saturated carbocycles. The Morgan fingerprint density at radius 1 is 1.36 bits per heavy atom. The number of carbonyl (C=O) groups is 1. The van der Waals surface area contributed by atoms with Crippen LogP contribution in [-0.4, -0.2) is 50.0 Å². The molecule has 1 aromatic carbocycles. The third-order valence-corrected chi connectivity index (χ3v) is 6.18. The number of ether oxygens (including phenoxy) is 1. The Morgan fingerprint density at radius 2 is 2.21 bits per heavy atom. The Bertz CT molecular complexity index is 1360. The zero-order valence-electron chi connectivity index (χ0n) is 20.7. The highest BCUT2D eigenvalue weighted by atomic mass is 16.5. The first kappa shape index (κ1) is 18.9. The van der Waals surface area contributed by atoms with E-state index in [0.29, 0.717) is 35.6 Å². The number of rotatable bonds is 4. The summed E-state index contributed by atoms with van der Waals surface area (Å²) < 4.78 is 22.8. The van der Waals surface area contributed by atoms with Crippen molar-refractivity contribution < 1.29 is 12.3 Å². The Hall–Kier alpha value is -3.61. The van der Waals surface area contributed by atoms with Gasteiger partial charge in [0.05, 0.1) is 25.8 Å². The molecule has 0 amide bonds. The van der Waals surface area contributed by atoms with Gasteiger partial charge in [0, 0.05) is 43.5 Å². The van der Waals surface area contributed by atoms with E-state index in [1.54, 1.807) is 10.7 Å². The Labute approximate surface area is 194 Å². The minimum absolute atomic E-state index is 0.0477. The van der Waals surface area contributed by atoms with Gasteiger partial charge >= 0.3 is 5.97 Å². The quantitative estimate of drug-likeness (QED) is 0.610. The Kier molecular flexibility index (Phi) is 4.81. The van der Waals surface area contributed by atoms with Crippen molar-refractivity contribution in [2.75, 3.05) is 13.1 Å². The molecular formula is C24H25N7O2. The molecule has 2 aliphatic rings. The maximum absolute atomic E-state index is 12.1. The number of cyclic esters (lactones) is 1. The Morgan fingerprint density at radius 3 is 3.00 bits per heavy atom. The van der Waals surface area contributed by atoms with E-state index >= 15 is 0 Å². The zero-order valence-corrected chi connectivity index (χ0v) is 18.7. The molecule has 0 bridgehead atoms. The minimum Gasteiger partial charge on any atom is -0.457 e. The number of piperazine rings is 1. The second-order valence-electron chi connectivity index (χ2n) is 8.63. The lowest BCUT2D eigenvalue weighted by Gasteiger charge is -2.38. The summed E-state index contributed by atoms with van der Waals surface area (Å²) in [7, 11) is 0. The molecule has 0 unspecified atom stereocenters. The molecule has 9 nitrogen and oxygen atoms in total. The third kappa shape index (κ3) is 3.99. The molecule has 0 spiro atoms. The predicted molar refractivity (Wildman–Crippen MR) is 120 cm³/mol. The van der Waals surface area contributed by atoms with Crippen molar-refractivity contribution in [1.82, 2.24) is 30.2 Å². The van der Waals surface area contributed by atoms with Gasteiger partial charge in [0.2, 0.25) is 0 Å². The predicted octanol–water partition coefficient (Wildman–Crippen LogP) is 2.36. The first-order chi connectivity index (χ1) is 16.7. The minimum atomic E-state index is -2.12. The molecule has 168 valence electrons. The SMILES string of the molecule is [2H]C1([2H])OC(=O)c2ccc([C@@H]3CN(Cc4cn(-c5cc(C)c(C#N)cn5)nn4)C[C@H](C)N3)c(C)c21. The molecule has 2 aliphatic heterocycles. The van der Waals surface area contributed by atoms with Crippen molar-refractivity contribution in [1.29, 1.82) is 5.26 Å². The van der Waals surface area contributed by atoms with Crippen LogP contribution < -0.4 is 5.32 Å². The number of aryl methyl sites for hydroxylation is 1. The van der Waals surface area contributed by atoms with Gasteiger partial charge in [-0.25, -0.2) is 14.5 Å². The van der Waals surface area contributed by atoms with Gasteiger partial charge in [0.1, 0.15) is 12.6 Å². The molecular weight excluding hydrogens is 418 g/mol. The number of esters is 1. The number of carbonyl (C=O) groups excluding carboxylic acids is 1. The van der Waals surface area contributed by atoms with Crippen molar-refractivity contribution in [3.05, 3.63) is 69.7 Å². The molecule has 9 heteroatoms. The number of nitrogens with one attached hydrogen (secondary N) is 1. The van der Waals surface area contributed by atoms with Crippen molar-refractivity contribution in [3.8, 4) is 11.9 Å². The van der Waals surface area contributed by atoms with E-state index in [1.165, 1.54) is 6.20 Å². The van der Waals surface area contributed by atoms with Crippen molar-refractivity contribution in [3.63, 3.8) is 0 Å². The average Bonchev–Trinajstić information content (AvgIpc) is 3.35. The number of benzene rings is 1. The van der Waals surface area contributed by atoms with E-state index < -0.39 is 12.5 Å². The maximum Gasteiger partial charge on any atom is 0.338 e. The fourth-order valence-corrected chi connectivity index (χ4v) is 4.54. The highest BCUT2D eigenvalue weighted by Crippen LogP contribution is 2.31. The van der Waals surface area contributed by atoms with Gasteiger partial charge in [-0.2, -0.15) is 5.26 Å². The standard InChI is InChI=1S/C24H25N7O2/c1-14-6-23(26-8-17(14)7-25)31-11-18(28-29-31)10-30-9-15(2)27-22(12-30)19-4-5-20-21(16(19)3)13-33-24(20)32/h4-6,8,11,15,22,27H,9-10,12-13H2,1-3H3/t15-,22-/m0/s1/i13D2. The van der Waals surface area contributed by atoms with Crippen LogP contribution in [0.1, 0.15) is 59.6 Å². The second kappa shape index (κ2) is 8.39. The summed E-state index contributed by atoms with van der Waals surface area (Å²) in [5.41, 5.74) is 4.44. The van der Waals surface area contributed by atoms with E-state index in [4.69, 9.17) is 12.7 Å². The van der Waals surface area contributed by atoms with Crippen molar-refractivity contribution in [2.24, 2.45) is 0 Å². The van der Waals surface area contributed by atoms with Crippen LogP contribution in [0.25, 0.3) is 5.82 Å². The van der Waals surface area contributed by atoms with Crippen LogP contribution in [-0.2, 0) is 17.8 Å². The number of fused-ring (bicyclic) bond motifs is 1. The van der Waals surface area contributed by atoms with E-state index in [1.807, 2.05) is 32.2 Å². The molecule has 1 N–H and O–H groups in total. The molecule has 2 atom stereocenters. The zero-order chi connectivity index (χ0) is 24.9. The topological polar surface area (TPSA) is 109 Å². The average molecular weight is 446 g/mol. The largest absolute Gasteiger partial charge is 0.457 e. The summed E-state index contributed by atoms with van der Waals surface area (Å²) in [6, 6.07) is 7.61. The molecule has 0 radical (unpaired) electrons. The molecule has 2 aromatic heterocycles. The lowest BCUT2D eigenvalue weighted by molar-refractivity contribution is 0.0535. The molecule has 1 saturated heterocycles. The first-order valence-electron chi connectivity index (χ1n) is 11.8. The van der Waals surface area contributed by atoms with Crippen molar-refractivity contribution >= 4 is 5.97 Å². The number of hydrogen-bond donors (Lipinski definition) is 1. The van der Waals surface area contributed by atoms with Gasteiger partial charge in [0.25, 0.3) is 0 Å². The summed E-state index contributed by atoms with van der Waals surface area (Å²) in [5.74, 6) is -0.0205. The number of nitrogens with zero attached hydrogens (tertiary/aromatic N) is 6. The number of hydrogen-bond acceptors (Lipinski definition) is 8. The number of pyridine rings is 1. The highest BCUT2D eigenvalue weighted by molar-refractivity contribution is 5.94. The first-order valence-corrected chi connectivity index (χ1v) is 10.8. The van der Waals surface area contributed by atoms with E-state index in [2.05, 4.69) is 38.5 Å². The van der Waals surface area contributed by atoms with Gasteiger partial charge in [0.15, 0.2) is 5.82 Å². The molecule has 3 aromatic rings. The second-order valence-corrected chi connectivity index (χ2v) is 8.63. The fraction of sp³-hybridized carbons (Fsp3) is 0.375. The number of nitriles is 1. The highest BCUT2D eigenvalue weighted by Gasteiger charge is 2.30. The van der Waals surface area contributed by atoms with E-state index in [-0.39, 0.29) is 12.1 Å². The summed E-state index contributed by atoms with van der Waals surface area (Å²) in [6.45, 7) is 5.77. The number of aromatic nitrogens is 4. The van der Waals surface area contributed by atoms with Gasteiger partial charge < -0.3 is 10.1 Å². The smallest absolute Gasteiger partial charge is 0.338 e. The molecule has 5 rings (SSSR count). The third-order valence-electron chi connectivity index (χ3n) is 6.18. The van der Waals surface area contributed by atoms with Crippen LogP contribution >= 0.6 is 0 Å². The summed E-state index contributed by atoms with van der Waals surface area (Å²) in [4.78, 5) is 18.7. The van der Waals surface area contributed by atoms with Crippen LogP contribution in [0, 0.1) is 25.2 Å². The lowest BCUT2D eigenvalue weighted by Crippen LogP contribution is -2.50. The lowest BCUT2D eigenvalue weighted by atomic mass is 9.92. The van der Waals surface area contributed by atoms with E-state index in [9.17, 15) is 4.79 Å². The van der Waals surface area contributed by atoms with Crippen LogP contribution in [0.4, 0.5) is 0 Å². The van der Waals surface area contributed by atoms with Gasteiger partial charge in [-0.15, -0.1) is 5.10 Å². The molecule has 1 fully saturated rings. The fourth-order valence-electron chi connectivity index (χ4n) is 4.54. The van der Waals surface area contributed by atoms with Gasteiger partial charge in [-0.3, -0.25) is 4.90 Å². The summed E-state index contributed by atoms with van der Waals surface area (Å²) >= 11 is 0. The van der Waals surface area contributed by atoms with E-state index in [0.717, 1.165) is 28.9 Å². The van der Waals surface area contributed by atoms with Crippen LogP contribution in [0.2, 0.25) is 0 Å². The normalized spacial score (nSPS) is 22.8. The maximum atomic E-state index is 12.1. The van der Waals surface area contributed by atoms with Gasteiger partial charge in [-0.1, -0.05) is 11.3 Å². The Balaban J connectivity index is 1.36. The molecule has 33 heavy (non-hydrogen) atoms. The van der Waals surface area contributed by atoms with Crippen molar-refractivity contribution in [2.45, 2.75) is 46.0 Å². The monoisotopic (exact) mass is 445 g/mol. The summed E-state index contributed by atoms with van der Waals surface area (Å²) in [5, 5.41) is 21.2. The molecule has 0 aliphatic carbocycles.